The second kappa shape index (κ2) is 20.4. The molecule has 0 fully saturated rings. The molecule has 0 heterocycles. The van der Waals surface area contributed by atoms with E-state index in [0.29, 0.717) is 44.4 Å². The van der Waals surface area contributed by atoms with Crippen LogP contribution in [0.3, 0.4) is 0 Å². The Kier molecular flexibility index (Phi) is 16.0. The molecule has 9 heteroatoms. The van der Waals surface area contributed by atoms with Crippen LogP contribution in [0.4, 0.5) is 4.79 Å². The minimum atomic E-state index is -0.886. The van der Waals surface area contributed by atoms with Crippen molar-refractivity contribution in [3.63, 3.8) is 0 Å². The van der Waals surface area contributed by atoms with Gasteiger partial charge < -0.3 is 24.8 Å². The van der Waals surface area contributed by atoms with Gasteiger partial charge in [0.2, 0.25) is 5.91 Å². The number of hydrogen-bond acceptors (Lipinski definition) is 7. The Bertz CT molecular complexity index is 1600. The Morgan fingerprint density at radius 2 is 1.54 bits per heavy atom. The van der Waals surface area contributed by atoms with Crippen LogP contribution in [-0.4, -0.2) is 42.1 Å². The molecule has 2 amide bonds. The molecule has 0 aromatic heterocycles. The first-order chi connectivity index (χ1) is 23.9. The number of ether oxygens (including phenoxy) is 3. The van der Waals surface area contributed by atoms with Gasteiger partial charge in [-0.05, 0) is 107 Å². The van der Waals surface area contributed by atoms with E-state index in [9.17, 15) is 19.2 Å². The molecule has 3 rings (SSSR count). The van der Waals surface area contributed by atoms with Crippen LogP contribution in [0.1, 0.15) is 82.6 Å². The van der Waals surface area contributed by atoms with Gasteiger partial charge in [-0.2, -0.15) is 0 Å². The largest absolute Gasteiger partial charge is 0.459 e. The lowest BCUT2D eigenvalue weighted by Crippen LogP contribution is -2.41. The van der Waals surface area contributed by atoms with E-state index < -0.39 is 29.6 Å². The lowest BCUT2D eigenvalue weighted by molar-refractivity contribution is -0.149. The van der Waals surface area contributed by atoms with Gasteiger partial charge in [-0.3, -0.25) is 9.59 Å². The average Bonchev–Trinajstić information content (AvgIpc) is 3.08. The maximum absolute atomic E-state index is 13.1. The highest BCUT2D eigenvalue weighted by Crippen LogP contribution is 2.23. The van der Waals surface area contributed by atoms with E-state index in [1.54, 1.807) is 39.0 Å². The smallest absolute Gasteiger partial charge is 0.407 e. The zero-order valence-corrected chi connectivity index (χ0v) is 29.8. The normalized spacial score (nSPS) is 11.7. The molecule has 0 radical (unpaired) electrons. The van der Waals surface area contributed by atoms with Crippen molar-refractivity contribution >= 4 is 30.0 Å². The third-order valence-electron chi connectivity index (χ3n) is 7.34. The number of amides is 2. The van der Waals surface area contributed by atoms with Crippen LogP contribution in [0.2, 0.25) is 0 Å². The molecule has 50 heavy (non-hydrogen) atoms. The lowest BCUT2D eigenvalue weighted by Gasteiger charge is -2.20. The lowest BCUT2D eigenvalue weighted by atomic mass is 10.0. The minimum Gasteiger partial charge on any atom is -0.459 e. The van der Waals surface area contributed by atoms with E-state index in [1.165, 1.54) is 6.08 Å². The first-order valence-corrected chi connectivity index (χ1v) is 17.0. The number of rotatable bonds is 17. The molecular weight excluding hydrogens is 632 g/mol. The summed E-state index contributed by atoms with van der Waals surface area (Å²) < 4.78 is 16.5. The van der Waals surface area contributed by atoms with Gasteiger partial charge in [0, 0.05) is 19.0 Å². The summed E-state index contributed by atoms with van der Waals surface area (Å²) in [5, 5.41) is 5.49. The summed E-state index contributed by atoms with van der Waals surface area (Å²) >= 11 is 0. The molecule has 1 atom stereocenters. The summed E-state index contributed by atoms with van der Waals surface area (Å²) in [6.07, 6.45) is 7.39. The van der Waals surface area contributed by atoms with Crippen molar-refractivity contribution in [2.75, 3.05) is 6.54 Å². The highest BCUT2D eigenvalue weighted by Gasteiger charge is 2.22. The van der Waals surface area contributed by atoms with E-state index in [-0.39, 0.29) is 19.0 Å². The number of hydrogen-bond donors (Lipinski definition) is 2. The molecule has 0 bridgehead atoms. The fourth-order valence-corrected chi connectivity index (χ4v) is 4.79. The predicted octanol–water partition coefficient (Wildman–Crippen LogP) is 7.67. The zero-order valence-electron chi connectivity index (χ0n) is 29.8. The second-order valence-electron chi connectivity index (χ2n) is 13.2. The highest BCUT2D eigenvalue weighted by molar-refractivity contribution is 5.94. The van der Waals surface area contributed by atoms with Crippen LogP contribution in [0.5, 0.6) is 5.75 Å². The molecule has 0 saturated carbocycles. The number of carbonyl (C=O) groups is 4. The molecule has 0 aliphatic carbocycles. The summed E-state index contributed by atoms with van der Waals surface area (Å²) in [6, 6.07) is 23.6. The van der Waals surface area contributed by atoms with Crippen LogP contribution in [-0.2, 0) is 43.3 Å². The number of nitrogens with one attached hydrogen (secondary N) is 2. The van der Waals surface area contributed by atoms with Gasteiger partial charge in [-0.1, -0.05) is 78.4 Å². The Balaban J connectivity index is 1.64. The summed E-state index contributed by atoms with van der Waals surface area (Å²) in [5.74, 6) is -0.843. The van der Waals surface area contributed by atoms with Crippen molar-refractivity contribution in [2.24, 2.45) is 0 Å². The molecule has 0 aliphatic heterocycles. The van der Waals surface area contributed by atoms with Crippen LogP contribution in [0.25, 0.3) is 6.08 Å². The number of benzene rings is 3. The Morgan fingerprint density at radius 1 is 0.860 bits per heavy atom. The number of aryl methyl sites for hydroxylation is 1. The third-order valence-corrected chi connectivity index (χ3v) is 7.34. The summed E-state index contributed by atoms with van der Waals surface area (Å²) in [4.78, 5) is 50.8. The monoisotopic (exact) mass is 682 g/mol. The SMILES string of the molecule is CC(C)=CCc1cc(/C=C/C(=O)N[C@@H](CCCCNC(=O)OC(C)(C)C)C(=O)OCc2ccccc2)ccc1OC(=O)CCc1ccccc1. The van der Waals surface area contributed by atoms with Gasteiger partial charge in [-0.25, -0.2) is 9.59 Å². The average molecular weight is 683 g/mol. The van der Waals surface area contributed by atoms with Crippen molar-refractivity contribution in [2.45, 2.75) is 91.4 Å². The Morgan fingerprint density at radius 3 is 2.20 bits per heavy atom. The number of alkyl carbamates (subject to hydrolysis) is 1. The maximum atomic E-state index is 13.1. The predicted molar refractivity (Wildman–Crippen MR) is 195 cm³/mol. The van der Waals surface area contributed by atoms with Crippen molar-refractivity contribution in [1.29, 1.82) is 0 Å². The van der Waals surface area contributed by atoms with E-state index in [4.69, 9.17) is 14.2 Å². The van der Waals surface area contributed by atoms with Gasteiger partial charge in [0.05, 0.1) is 0 Å². The van der Waals surface area contributed by atoms with Gasteiger partial charge in [0.1, 0.15) is 24.0 Å². The molecular formula is C41H50N2O7. The standard InChI is InChI=1S/C41H50N2O7/c1-30(2)19-23-34-28-32(20-24-36(34)49-38(45)26-22-31-14-8-6-9-15-31)21-25-37(44)43-35(39(46)48-29-33-16-10-7-11-17-33)18-12-13-27-42-40(47)50-41(3,4)5/h6-11,14-17,19-21,24-25,28,35H,12-13,18,22-23,26-27,29H2,1-5H3,(H,42,47)(H,43,44)/b25-21+/t35-/m0/s1. The zero-order chi connectivity index (χ0) is 36.4. The van der Waals surface area contributed by atoms with E-state index in [0.717, 1.165) is 27.8 Å². The number of allylic oxidation sites excluding steroid dienone is 2. The van der Waals surface area contributed by atoms with Crippen molar-refractivity contribution in [3.05, 3.63) is 119 Å². The van der Waals surface area contributed by atoms with Gasteiger partial charge >= 0.3 is 18.0 Å². The summed E-state index contributed by atoms with van der Waals surface area (Å²) in [6.45, 7) is 9.82. The summed E-state index contributed by atoms with van der Waals surface area (Å²) in [7, 11) is 0. The highest BCUT2D eigenvalue weighted by atomic mass is 16.6. The molecule has 0 spiro atoms. The fraction of sp³-hybridized carbons (Fsp3) is 0.366. The number of unbranched alkanes of at least 4 members (excludes halogenated alkanes) is 1. The molecule has 3 aromatic rings. The van der Waals surface area contributed by atoms with Gasteiger partial charge in [0.25, 0.3) is 0 Å². The molecule has 3 aromatic carbocycles. The Hall–Kier alpha value is -5.18. The van der Waals surface area contributed by atoms with Gasteiger partial charge in [-0.15, -0.1) is 0 Å². The van der Waals surface area contributed by atoms with E-state index in [1.807, 2.05) is 86.7 Å². The number of carbonyl (C=O) groups excluding carboxylic acids is 4. The van der Waals surface area contributed by atoms with Crippen molar-refractivity contribution in [1.82, 2.24) is 10.6 Å². The van der Waals surface area contributed by atoms with Gasteiger partial charge in [0.15, 0.2) is 0 Å². The quantitative estimate of drug-likeness (QED) is 0.0493. The fourth-order valence-electron chi connectivity index (χ4n) is 4.79. The first-order valence-electron chi connectivity index (χ1n) is 17.0. The minimum absolute atomic E-state index is 0.0831. The van der Waals surface area contributed by atoms with Crippen LogP contribution < -0.4 is 15.4 Å². The second-order valence-corrected chi connectivity index (χ2v) is 13.2. The summed E-state index contributed by atoms with van der Waals surface area (Å²) in [5.41, 5.74) is 3.97. The van der Waals surface area contributed by atoms with Crippen molar-refractivity contribution < 1.29 is 33.4 Å². The molecule has 2 N–H and O–H groups in total. The van der Waals surface area contributed by atoms with E-state index in [2.05, 4.69) is 10.6 Å². The third kappa shape index (κ3) is 15.8. The van der Waals surface area contributed by atoms with Crippen molar-refractivity contribution in [3.8, 4) is 5.75 Å². The molecule has 0 unspecified atom stereocenters. The molecule has 9 nitrogen and oxygen atoms in total. The van der Waals surface area contributed by atoms with Crippen LogP contribution in [0.15, 0.2) is 96.6 Å². The molecule has 266 valence electrons. The van der Waals surface area contributed by atoms with E-state index >= 15 is 0 Å². The Labute approximate surface area is 296 Å². The first kappa shape index (κ1) is 39.3. The molecule has 0 saturated heterocycles. The molecule has 0 aliphatic rings. The topological polar surface area (TPSA) is 120 Å². The number of esters is 2. The maximum Gasteiger partial charge on any atom is 0.407 e. The van der Waals surface area contributed by atoms with Crippen LogP contribution >= 0.6 is 0 Å². The van der Waals surface area contributed by atoms with Crippen LogP contribution in [0, 0.1) is 0 Å².